The van der Waals surface area contributed by atoms with Gasteiger partial charge in [-0.3, -0.25) is 9.59 Å². The van der Waals surface area contributed by atoms with Gasteiger partial charge in [-0.25, -0.2) is 9.97 Å². The summed E-state index contributed by atoms with van der Waals surface area (Å²) < 4.78 is 0. The minimum Gasteiger partial charge on any atom is -0.338 e. The van der Waals surface area contributed by atoms with Crippen molar-refractivity contribution < 1.29 is 9.59 Å². The first-order valence-electron chi connectivity index (χ1n) is 8.64. The fourth-order valence-electron chi connectivity index (χ4n) is 2.83. The van der Waals surface area contributed by atoms with E-state index in [1.54, 1.807) is 30.3 Å². The summed E-state index contributed by atoms with van der Waals surface area (Å²) in [4.78, 5) is 37.4. The molecule has 1 aromatic carbocycles. The molecule has 1 aromatic heterocycles. The molecule has 1 fully saturated rings. The van der Waals surface area contributed by atoms with Crippen LogP contribution >= 0.6 is 0 Å². The van der Waals surface area contributed by atoms with Gasteiger partial charge in [0.1, 0.15) is 5.69 Å². The number of rotatable bonds is 4. The molecule has 3 rings (SSSR count). The molecule has 2 heterocycles. The molecule has 0 saturated carbocycles. The molecule has 0 unspecified atom stereocenters. The van der Waals surface area contributed by atoms with E-state index in [0.717, 1.165) is 31.9 Å². The van der Waals surface area contributed by atoms with Gasteiger partial charge in [0.05, 0.1) is 0 Å². The number of aromatic nitrogens is 2. The fraction of sp³-hybridized carbons (Fsp3) is 0.368. The molecule has 1 N–H and O–H groups in total. The molecule has 1 aliphatic rings. The molecule has 7 nitrogen and oxygen atoms in total. The topological polar surface area (TPSA) is 78.4 Å². The van der Waals surface area contributed by atoms with E-state index in [-0.39, 0.29) is 11.7 Å². The quantitative estimate of drug-likeness (QED) is 0.847. The SMILES string of the molecule is CC(=O)c1cccc(NC(=O)c2cc(C)nc(N3CCN(C)CC3)n2)c1. The van der Waals surface area contributed by atoms with Gasteiger partial charge in [-0.05, 0) is 39.1 Å². The van der Waals surface area contributed by atoms with Gasteiger partial charge in [0.15, 0.2) is 5.78 Å². The Kier molecular flexibility index (Phi) is 5.27. The second kappa shape index (κ2) is 7.61. The smallest absolute Gasteiger partial charge is 0.274 e. The normalized spacial score (nSPS) is 15.0. The molecule has 7 heteroatoms. The number of likely N-dealkylation sites (N-methyl/N-ethyl adjacent to an activating group) is 1. The second-order valence-electron chi connectivity index (χ2n) is 6.58. The van der Waals surface area contributed by atoms with Crippen LogP contribution in [0.4, 0.5) is 11.6 Å². The number of benzene rings is 1. The zero-order chi connectivity index (χ0) is 18.7. The third-order valence-electron chi connectivity index (χ3n) is 4.39. The first kappa shape index (κ1) is 18.0. The lowest BCUT2D eigenvalue weighted by Crippen LogP contribution is -2.45. The summed E-state index contributed by atoms with van der Waals surface area (Å²) >= 11 is 0. The second-order valence-corrected chi connectivity index (χ2v) is 6.58. The van der Waals surface area contributed by atoms with E-state index < -0.39 is 0 Å². The highest BCUT2D eigenvalue weighted by Crippen LogP contribution is 2.16. The summed E-state index contributed by atoms with van der Waals surface area (Å²) in [7, 11) is 2.09. The predicted molar refractivity (Wildman–Crippen MR) is 101 cm³/mol. The van der Waals surface area contributed by atoms with Crippen molar-refractivity contribution >= 4 is 23.3 Å². The Morgan fingerprint density at radius 1 is 1.08 bits per heavy atom. The van der Waals surface area contributed by atoms with Crippen LogP contribution in [-0.2, 0) is 0 Å². The molecular weight excluding hydrogens is 330 g/mol. The standard InChI is InChI=1S/C19H23N5O2/c1-13-11-17(22-19(20-13)24-9-7-23(3)8-10-24)18(26)21-16-6-4-5-15(12-16)14(2)25/h4-6,11-12H,7-10H2,1-3H3,(H,21,26). The van der Waals surface area contributed by atoms with Crippen molar-refractivity contribution in [1.82, 2.24) is 14.9 Å². The number of carbonyl (C=O) groups is 2. The van der Waals surface area contributed by atoms with Crippen LogP contribution in [-0.4, -0.2) is 59.8 Å². The Balaban J connectivity index is 1.79. The maximum absolute atomic E-state index is 12.6. The average molecular weight is 353 g/mol. The number of anilines is 2. The number of piperazine rings is 1. The molecule has 0 bridgehead atoms. The van der Waals surface area contributed by atoms with Gasteiger partial charge >= 0.3 is 0 Å². The number of aryl methyl sites for hydroxylation is 1. The maximum atomic E-state index is 12.6. The predicted octanol–water partition coefficient (Wildman–Crippen LogP) is 1.99. The van der Waals surface area contributed by atoms with Crippen LogP contribution < -0.4 is 10.2 Å². The molecular formula is C19H23N5O2. The van der Waals surface area contributed by atoms with E-state index in [1.807, 2.05) is 6.92 Å². The third kappa shape index (κ3) is 4.23. The molecule has 136 valence electrons. The van der Waals surface area contributed by atoms with Crippen LogP contribution in [0.25, 0.3) is 0 Å². The van der Waals surface area contributed by atoms with Crippen molar-refractivity contribution in [2.24, 2.45) is 0 Å². The summed E-state index contributed by atoms with van der Waals surface area (Å²) in [6.07, 6.45) is 0. The molecule has 0 aliphatic carbocycles. The lowest BCUT2D eigenvalue weighted by Gasteiger charge is -2.32. The Morgan fingerprint density at radius 3 is 2.50 bits per heavy atom. The summed E-state index contributed by atoms with van der Waals surface area (Å²) in [5, 5.41) is 2.81. The van der Waals surface area contributed by atoms with Gasteiger partial charge in [-0.15, -0.1) is 0 Å². The highest BCUT2D eigenvalue weighted by molar-refractivity contribution is 6.04. The monoisotopic (exact) mass is 353 g/mol. The lowest BCUT2D eigenvalue weighted by molar-refractivity contribution is 0.100. The van der Waals surface area contributed by atoms with E-state index in [2.05, 4.69) is 32.1 Å². The van der Waals surface area contributed by atoms with E-state index in [0.29, 0.717) is 22.9 Å². The Labute approximate surface area is 153 Å². The van der Waals surface area contributed by atoms with Crippen molar-refractivity contribution in [3.8, 4) is 0 Å². The zero-order valence-electron chi connectivity index (χ0n) is 15.3. The molecule has 1 saturated heterocycles. The van der Waals surface area contributed by atoms with Crippen molar-refractivity contribution in [3.63, 3.8) is 0 Å². The minimum absolute atomic E-state index is 0.0451. The van der Waals surface area contributed by atoms with E-state index in [1.165, 1.54) is 6.92 Å². The third-order valence-corrected chi connectivity index (χ3v) is 4.39. The minimum atomic E-state index is -0.313. The van der Waals surface area contributed by atoms with Gasteiger partial charge < -0.3 is 15.1 Å². The molecule has 0 spiro atoms. The van der Waals surface area contributed by atoms with E-state index in [9.17, 15) is 9.59 Å². The first-order valence-corrected chi connectivity index (χ1v) is 8.64. The van der Waals surface area contributed by atoms with Crippen LogP contribution in [0.1, 0.15) is 33.5 Å². The Bertz CT molecular complexity index is 828. The van der Waals surface area contributed by atoms with Crippen molar-refractivity contribution in [3.05, 3.63) is 47.3 Å². The Hall–Kier alpha value is -2.80. The highest BCUT2D eigenvalue weighted by Gasteiger charge is 2.19. The molecule has 26 heavy (non-hydrogen) atoms. The molecule has 0 radical (unpaired) electrons. The van der Waals surface area contributed by atoms with Crippen LogP contribution in [0.2, 0.25) is 0 Å². The number of hydrogen-bond donors (Lipinski definition) is 1. The number of nitrogens with one attached hydrogen (secondary N) is 1. The molecule has 1 aliphatic heterocycles. The van der Waals surface area contributed by atoms with Crippen LogP contribution in [0.5, 0.6) is 0 Å². The van der Waals surface area contributed by atoms with Crippen LogP contribution in [0, 0.1) is 6.92 Å². The number of hydrogen-bond acceptors (Lipinski definition) is 6. The maximum Gasteiger partial charge on any atom is 0.274 e. The van der Waals surface area contributed by atoms with Crippen molar-refractivity contribution in [1.29, 1.82) is 0 Å². The average Bonchev–Trinajstić information content (AvgIpc) is 2.62. The van der Waals surface area contributed by atoms with Crippen LogP contribution in [0.15, 0.2) is 30.3 Å². The summed E-state index contributed by atoms with van der Waals surface area (Å²) in [6.45, 7) is 6.90. The Morgan fingerprint density at radius 2 is 1.81 bits per heavy atom. The molecule has 1 amide bonds. The number of nitrogens with zero attached hydrogens (tertiary/aromatic N) is 4. The number of amides is 1. The number of carbonyl (C=O) groups excluding carboxylic acids is 2. The first-order chi connectivity index (χ1) is 12.4. The van der Waals surface area contributed by atoms with Gasteiger partial charge in [0, 0.05) is 43.1 Å². The fourth-order valence-corrected chi connectivity index (χ4v) is 2.83. The lowest BCUT2D eigenvalue weighted by atomic mass is 10.1. The number of Topliss-reactive ketones (excluding diaryl/α,β-unsaturated/α-hetero) is 1. The summed E-state index contributed by atoms with van der Waals surface area (Å²) in [6, 6.07) is 8.55. The van der Waals surface area contributed by atoms with E-state index in [4.69, 9.17) is 0 Å². The van der Waals surface area contributed by atoms with Gasteiger partial charge in [0.25, 0.3) is 5.91 Å². The van der Waals surface area contributed by atoms with Crippen molar-refractivity contribution in [2.45, 2.75) is 13.8 Å². The van der Waals surface area contributed by atoms with Crippen molar-refractivity contribution in [2.75, 3.05) is 43.4 Å². The summed E-state index contributed by atoms with van der Waals surface area (Å²) in [5.74, 6) is 0.226. The summed E-state index contributed by atoms with van der Waals surface area (Å²) in [5.41, 5.74) is 2.19. The molecule has 0 atom stereocenters. The van der Waals surface area contributed by atoms with Gasteiger partial charge in [-0.1, -0.05) is 12.1 Å². The van der Waals surface area contributed by atoms with Crippen LogP contribution in [0.3, 0.4) is 0 Å². The number of ketones is 1. The van der Waals surface area contributed by atoms with Gasteiger partial charge in [-0.2, -0.15) is 0 Å². The van der Waals surface area contributed by atoms with Gasteiger partial charge in [0.2, 0.25) is 5.95 Å². The molecule has 2 aromatic rings. The zero-order valence-corrected chi connectivity index (χ0v) is 15.3. The highest BCUT2D eigenvalue weighted by atomic mass is 16.2. The van der Waals surface area contributed by atoms with E-state index >= 15 is 0 Å². The largest absolute Gasteiger partial charge is 0.338 e.